The second-order valence-corrected chi connectivity index (χ2v) is 22.2. The number of hydrogen-bond acceptors (Lipinski definition) is 6. The van der Waals surface area contributed by atoms with Gasteiger partial charge in [-0.05, 0) is 154 Å². The number of anilines is 4. The molecule has 0 atom stereocenters. The molecule has 0 N–H and O–H groups in total. The van der Waals surface area contributed by atoms with Crippen LogP contribution in [-0.2, 0) is 23.9 Å². The average molecular weight is 941 g/mol. The summed E-state index contributed by atoms with van der Waals surface area (Å²) < 4.78 is 0. The highest BCUT2D eigenvalue weighted by molar-refractivity contribution is 6.42. The zero-order chi connectivity index (χ0) is 49.9. The number of nitrogens with zero attached hydrogens (tertiary/aromatic N) is 4. The standard InChI is InChI=1S/C64H52N4O4/c1-63(2,3)38-16-31-52(64(4,5)6)53(32-38)68-61(71)50-29-27-48-57-49(28-30-51(58(50)57)62(68)72)60(70)67(59(48)69)41-17-12-35(13-18-41)42-25-26-45-47-24-15-37-34-66(40-21-19-39(20-22-40)65(7)8)33-36-14-23-46(56(47)54(36)37)44-11-9-10-43(42)55(44)45/h9-32H,33-34H2,1-8H3. The number of imide groups is 2. The van der Waals surface area contributed by atoms with Gasteiger partial charge in [0, 0.05) is 71.6 Å². The summed E-state index contributed by atoms with van der Waals surface area (Å²) in [6, 6.07) is 49.2. The van der Waals surface area contributed by atoms with E-state index >= 15 is 0 Å². The van der Waals surface area contributed by atoms with Crippen molar-refractivity contribution in [2.24, 2.45) is 0 Å². The van der Waals surface area contributed by atoms with E-state index in [4.69, 9.17) is 0 Å². The molecular weight excluding hydrogens is 889 g/mol. The van der Waals surface area contributed by atoms with Gasteiger partial charge in [-0.1, -0.05) is 120 Å². The van der Waals surface area contributed by atoms with E-state index in [1.54, 1.807) is 24.3 Å². The molecule has 0 aromatic heterocycles. The highest BCUT2D eigenvalue weighted by Crippen LogP contribution is 2.48. The zero-order valence-electron chi connectivity index (χ0n) is 41.7. The summed E-state index contributed by atoms with van der Waals surface area (Å²) in [7, 11) is 4.14. The maximum absolute atomic E-state index is 14.6. The predicted molar refractivity (Wildman–Crippen MR) is 294 cm³/mol. The fourth-order valence-electron chi connectivity index (χ4n) is 12.0. The maximum Gasteiger partial charge on any atom is 0.265 e. The molecule has 4 amide bonds. The van der Waals surface area contributed by atoms with Crippen LogP contribution in [0.5, 0.6) is 0 Å². The Kier molecular flexibility index (Phi) is 9.14. The Morgan fingerprint density at radius 3 is 1.44 bits per heavy atom. The van der Waals surface area contributed by atoms with Gasteiger partial charge < -0.3 is 9.80 Å². The number of hydrogen-bond donors (Lipinski definition) is 0. The molecule has 10 aromatic carbocycles. The van der Waals surface area contributed by atoms with Crippen molar-refractivity contribution in [2.45, 2.75) is 65.5 Å². The van der Waals surface area contributed by atoms with Gasteiger partial charge >= 0.3 is 0 Å². The first kappa shape index (κ1) is 43.6. The van der Waals surface area contributed by atoms with E-state index < -0.39 is 23.6 Å². The number of fused-ring (bicyclic) bond motifs is 2. The van der Waals surface area contributed by atoms with Gasteiger partial charge in [0.15, 0.2) is 0 Å². The quantitative estimate of drug-likeness (QED) is 0.0971. The molecule has 3 aliphatic heterocycles. The second kappa shape index (κ2) is 15.1. The van der Waals surface area contributed by atoms with E-state index in [1.807, 2.05) is 36.4 Å². The number of benzene rings is 10. The average Bonchev–Trinajstić information content (AvgIpc) is 3.37. The lowest BCUT2D eigenvalue weighted by Gasteiger charge is -2.35. The third-order valence-corrected chi connectivity index (χ3v) is 15.7. The summed E-state index contributed by atoms with van der Waals surface area (Å²) in [6.45, 7) is 14.2. The molecular formula is C64H52N4O4. The van der Waals surface area contributed by atoms with Crippen molar-refractivity contribution in [1.29, 1.82) is 0 Å². The van der Waals surface area contributed by atoms with Gasteiger partial charge in [0.2, 0.25) is 0 Å². The lowest BCUT2D eigenvalue weighted by Crippen LogP contribution is -2.44. The maximum atomic E-state index is 14.6. The second-order valence-electron chi connectivity index (χ2n) is 22.2. The van der Waals surface area contributed by atoms with E-state index in [1.165, 1.54) is 70.0 Å². The summed E-state index contributed by atoms with van der Waals surface area (Å²) in [5.41, 5.74) is 10.4. The van der Waals surface area contributed by atoms with Crippen molar-refractivity contribution in [3.05, 3.63) is 190 Å². The van der Waals surface area contributed by atoms with Crippen molar-refractivity contribution in [2.75, 3.05) is 33.7 Å². The van der Waals surface area contributed by atoms with Gasteiger partial charge in [-0.2, -0.15) is 0 Å². The van der Waals surface area contributed by atoms with E-state index in [0.29, 0.717) is 22.1 Å². The van der Waals surface area contributed by atoms with Crippen LogP contribution >= 0.6 is 0 Å². The van der Waals surface area contributed by atoms with Crippen LogP contribution in [0.15, 0.2) is 146 Å². The minimum absolute atomic E-state index is 0.232. The third kappa shape index (κ3) is 6.17. The number of amides is 4. The molecule has 0 unspecified atom stereocenters. The van der Waals surface area contributed by atoms with E-state index in [2.05, 4.69) is 150 Å². The minimum atomic E-state index is -0.508. The van der Waals surface area contributed by atoms with Gasteiger partial charge in [-0.15, -0.1) is 0 Å². The van der Waals surface area contributed by atoms with Crippen LogP contribution in [0, 0.1) is 0 Å². The molecule has 0 bridgehead atoms. The van der Waals surface area contributed by atoms with Gasteiger partial charge in [-0.25, -0.2) is 9.80 Å². The third-order valence-electron chi connectivity index (χ3n) is 15.7. The molecule has 3 aliphatic rings. The summed E-state index contributed by atoms with van der Waals surface area (Å²) in [5, 5.41) is 10.6. The molecule has 72 heavy (non-hydrogen) atoms. The van der Waals surface area contributed by atoms with Crippen LogP contribution in [0.25, 0.3) is 65.0 Å². The lowest BCUT2D eigenvalue weighted by atomic mass is 9.80. The first-order valence-electron chi connectivity index (χ1n) is 24.8. The minimum Gasteiger partial charge on any atom is -0.378 e. The van der Waals surface area contributed by atoms with Gasteiger partial charge in [0.25, 0.3) is 23.6 Å². The van der Waals surface area contributed by atoms with E-state index in [0.717, 1.165) is 40.7 Å². The van der Waals surface area contributed by atoms with Crippen molar-refractivity contribution < 1.29 is 19.2 Å². The molecule has 0 radical (unpaired) electrons. The Morgan fingerprint density at radius 2 is 0.903 bits per heavy atom. The Morgan fingerprint density at radius 1 is 0.417 bits per heavy atom. The Hall–Kier alpha value is -8.36. The molecule has 13 rings (SSSR count). The van der Waals surface area contributed by atoms with Crippen molar-refractivity contribution >= 4 is 100 Å². The molecule has 0 fully saturated rings. The first-order valence-corrected chi connectivity index (χ1v) is 24.8. The number of rotatable bonds is 5. The van der Waals surface area contributed by atoms with Gasteiger partial charge in [0.05, 0.1) is 11.4 Å². The summed E-state index contributed by atoms with van der Waals surface area (Å²) >= 11 is 0. The summed E-state index contributed by atoms with van der Waals surface area (Å²) in [4.78, 5) is 65.6. The fraction of sp³-hybridized carbons (Fsp3) is 0.188. The normalized spacial score (nSPS) is 14.9. The van der Waals surface area contributed by atoms with Crippen LogP contribution in [-0.4, -0.2) is 37.7 Å². The van der Waals surface area contributed by atoms with Crippen molar-refractivity contribution in [1.82, 2.24) is 0 Å². The van der Waals surface area contributed by atoms with Crippen LogP contribution in [0.4, 0.5) is 22.7 Å². The van der Waals surface area contributed by atoms with Crippen LogP contribution in [0.3, 0.4) is 0 Å². The fourth-order valence-corrected chi connectivity index (χ4v) is 12.0. The smallest absolute Gasteiger partial charge is 0.265 e. The molecule has 0 aliphatic carbocycles. The molecule has 8 nitrogen and oxygen atoms in total. The number of carbonyl (C=O) groups is 4. The molecule has 3 heterocycles. The largest absolute Gasteiger partial charge is 0.378 e. The molecule has 0 spiro atoms. The first-order chi connectivity index (χ1) is 34.5. The van der Waals surface area contributed by atoms with Crippen LogP contribution < -0.4 is 19.6 Å². The van der Waals surface area contributed by atoms with Crippen molar-refractivity contribution in [3.63, 3.8) is 0 Å². The monoisotopic (exact) mass is 940 g/mol. The highest BCUT2D eigenvalue weighted by atomic mass is 16.2. The van der Waals surface area contributed by atoms with E-state index in [9.17, 15) is 19.2 Å². The number of carbonyl (C=O) groups excluding carboxylic acids is 4. The summed E-state index contributed by atoms with van der Waals surface area (Å²) in [6.07, 6.45) is 0. The van der Waals surface area contributed by atoms with Crippen molar-refractivity contribution in [3.8, 4) is 11.1 Å². The predicted octanol–water partition coefficient (Wildman–Crippen LogP) is 14.3. The van der Waals surface area contributed by atoms with E-state index in [-0.39, 0.29) is 33.1 Å². The zero-order valence-corrected chi connectivity index (χ0v) is 41.7. The topological polar surface area (TPSA) is 81.2 Å². The van der Waals surface area contributed by atoms with Gasteiger partial charge in [0.1, 0.15) is 0 Å². The van der Waals surface area contributed by atoms with Crippen LogP contribution in [0.2, 0.25) is 0 Å². The Labute approximate surface area is 418 Å². The molecule has 0 saturated carbocycles. The van der Waals surface area contributed by atoms with Crippen LogP contribution in [0.1, 0.15) is 105 Å². The molecule has 10 aromatic rings. The molecule has 352 valence electrons. The Balaban J connectivity index is 0.840. The Bertz CT molecular complexity index is 3930. The SMILES string of the molecule is CN(C)c1ccc(N2Cc3ccc4c5cccc6c(-c7ccc(N8C(=O)c9ccc%10c%11c(ccc(c9%11)C8=O)C(=O)N(c8cc(C(C)(C)C)ccc8C(C)(C)C)C%10=O)cc7)ccc(c7ccc(c3c47)C2)c65)cc1. The lowest BCUT2D eigenvalue weighted by molar-refractivity contribution is 0.0872. The highest BCUT2D eigenvalue weighted by Gasteiger charge is 2.42. The molecule has 8 heteroatoms. The molecule has 0 saturated heterocycles. The van der Waals surface area contributed by atoms with Gasteiger partial charge in [-0.3, -0.25) is 19.2 Å². The summed E-state index contributed by atoms with van der Waals surface area (Å²) in [5.74, 6) is -1.98.